The molecule has 2 amide bonds. The number of amides is 2. The summed E-state index contributed by atoms with van der Waals surface area (Å²) in [4.78, 5) is 12.0. The van der Waals surface area contributed by atoms with Gasteiger partial charge in [-0.2, -0.15) is 0 Å². The van der Waals surface area contributed by atoms with Crippen molar-refractivity contribution < 1.29 is 4.79 Å². The van der Waals surface area contributed by atoms with E-state index in [1.807, 2.05) is 18.2 Å². The van der Waals surface area contributed by atoms with E-state index < -0.39 is 0 Å². The van der Waals surface area contributed by atoms with Crippen LogP contribution in [0.25, 0.3) is 0 Å². The smallest absolute Gasteiger partial charge is 0.315 e. The van der Waals surface area contributed by atoms with E-state index in [4.69, 9.17) is 0 Å². The molecule has 0 aromatic heterocycles. The lowest BCUT2D eigenvalue weighted by Gasteiger charge is -2.26. The average molecular weight is 310 g/mol. The lowest BCUT2D eigenvalue weighted by atomic mass is 9.84. The largest absolute Gasteiger partial charge is 0.337 e. The molecule has 0 aliphatic heterocycles. The van der Waals surface area contributed by atoms with E-state index in [0.29, 0.717) is 13.1 Å². The Morgan fingerprint density at radius 1 is 0.957 bits per heavy atom. The highest BCUT2D eigenvalue weighted by atomic mass is 16.2. The fourth-order valence-corrected chi connectivity index (χ4v) is 2.45. The van der Waals surface area contributed by atoms with Gasteiger partial charge in [0.2, 0.25) is 0 Å². The van der Waals surface area contributed by atoms with Crippen molar-refractivity contribution in [2.75, 3.05) is 6.54 Å². The molecular weight excluding hydrogens is 284 g/mol. The van der Waals surface area contributed by atoms with Gasteiger partial charge in [-0.15, -0.1) is 0 Å². The summed E-state index contributed by atoms with van der Waals surface area (Å²) in [6.07, 6.45) is 0. The second-order valence-electron chi connectivity index (χ2n) is 6.71. The third-order valence-corrected chi connectivity index (χ3v) is 4.22. The number of urea groups is 1. The van der Waals surface area contributed by atoms with Gasteiger partial charge < -0.3 is 10.6 Å². The number of hydrogen-bond acceptors (Lipinski definition) is 1. The fourth-order valence-electron chi connectivity index (χ4n) is 2.45. The van der Waals surface area contributed by atoms with E-state index >= 15 is 0 Å². The molecule has 2 N–H and O–H groups in total. The Labute approximate surface area is 139 Å². The summed E-state index contributed by atoms with van der Waals surface area (Å²) in [5.41, 5.74) is 4.69. The molecule has 0 unspecified atom stereocenters. The van der Waals surface area contributed by atoms with E-state index in [2.05, 4.69) is 68.7 Å². The van der Waals surface area contributed by atoms with E-state index in [-0.39, 0.29) is 11.4 Å². The molecule has 0 saturated heterocycles. The van der Waals surface area contributed by atoms with Gasteiger partial charge in [-0.25, -0.2) is 4.79 Å². The first-order chi connectivity index (χ1) is 10.9. The van der Waals surface area contributed by atoms with E-state index in [1.54, 1.807) is 0 Å². The molecule has 2 rings (SSSR count). The second-order valence-corrected chi connectivity index (χ2v) is 6.71. The molecule has 3 heteroatoms. The molecule has 0 fully saturated rings. The summed E-state index contributed by atoms with van der Waals surface area (Å²) in [5.74, 6) is 0. The number of aryl methyl sites for hydroxylation is 2. The number of benzene rings is 2. The van der Waals surface area contributed by atoms with Crippen LogP contribution < -0.4 is 10.6 Å². The number of nitrogens with one attached hydrogen (secondary N) is 2. The minimum Gasteiger partial charge on any atom is -0.337 e. The van der Waals surface area contributed by atoms with Crippen LogP contribution in [0.4, 0.5) is 4.79 Å². The third-order valence-electron chi connectivity index (χ3n) is 4.22. The fraction of sp³-hybridized carbons (Fsp3) is 0.350. The maximum Gasteiger partial charge on any atom is 0.315 e. The van der Waals surface area contributed by atoms with Crippen molar-refractivity contribution in [1.82, 2.24) is 10.6 Å². The highest BCUT2D eigenvalue weighted by Crippen LogP contribution is 2.22. The Hall–Kier alpha value is -2.29. The molecule has 0 aliphatic carbocycles. The summed E-state index contributed by atoms with van der Waals surface area (Å²) >= 11 is 0. The third kappa shape index (κ3) is 4.85. The number of rotatable bonds is 5. The Bertz CT molecular complexity index is 660. The minimum atomic E-state index is -0.131. The average Bonchev–Trinajstić information content (AvgIpc) is 2.53. The number of hydrogen-bond donors (Lipinski definition) is 2. The predicted molar refractivity (Wildman–Crippen MR) is 95.6 cm³/mol. The van der Waals surface area contributed by atoms with Crippen LogP contribution in [0, 0.1) is 13.8 Å². The van der Waals surface area contributed by atoms with Crippen LogP contribution in [-0.4, -0.2) is 12.6 Å². The zero-order valence-electron chi connectivity index (χ0n) is 14.4. The highest BCUT2D eigenvalue weighted by Gasteiger charge is 2.21. The maximum absolute atomic E-state index is 12.0. The van der Waals surface area contributed by atoms with E-state index in [9.17, 15) is 4.79 Å². The molecule has 23 heavy (non-hydrogen) atoms. The molecule has 0 radical (unpaired) electrons. The van der Waals surface area contributed by atoms with Gasteiger partial charge in [0.1, 0.15) is 0 Å². The van der Waals surface area contributed by atoms with Gasteiger partial charge in [0, 0.05) is 18.5 Å². The van der Waals surface area contributed by atoms with Crippen LogP contribution in [0.1, 0.15) is 36.1 Å². The molecule has 3 nitrogen and oxygen atoms in total. The van der Waals surface area contributed by atoms with Crippen molar-refractivity contribution in [1.29, 1.82) is 0 Å². The van der Waals surface area contributed by atoms with Crippen molar-refractivity contribution in [3.05, 3.63) is 70.8 Å². The van der Waals surface area contributed by atoms with Crippen LogP contribution in [0.5, 0.6) is 0 Å². The Balaban J connectivity index is 1.86. The van der Waals surface area contributed by atoms with Gasteiger partial charge in [-0.3, -0.25) is 0 Å². The quantitative estimate of drug-likeness (QED) is 0.858. The van der Waals surface area contributed by atoms with E-state index in [0.717, 1.165) is 5.56 Å². The van der Waals surface area contributed by atoms with Crippen LogP contribution in [0.3, 0.4) is 0 Å². The Kier molecular flexibility index (Phi) is 5.43. The standard InChI is InChI=1S/C20H26N2O/c1-15-9-11-18(12-10-15)20(3,4)14-22-19(23)21-13-17-8-6-5-7-16(17)2/h5-12H,13-14H2,1-4H3,(H2,21,22,23). The molecule has 0 spiro atoms. The van der Waals surface area contributed by atoms with Crippen molar-refractivity contribution in [2.24, 2.45) is 0 Å². The first-order valence-electron chi connectivity index (χ1n) is 8.02. The van der Waals surface area contributed by atoms with Crippen LogP contribution in [0.15, 0.2) is 48.5 Å². The normalized spacial score (nSPS) is 11.1. The predicted octanol–water partition coefficient (Wildman–Crippen LogP) is 4.08. The summed E-state index contributed by atoms with van der Waals surface area (Å²) < 4.78 is 0. The number of carbonyl (C=O) groups is 1. The van der Waals surface area contributed by atoms with Gasteiger partial charge in [0.25, 0.3) is 0 Å². The maximum atomic E-state index is 12.0. The lowest BCUT2D eigenvalue weighted by Crippen LogP contribution is -2.42. The van der Waals surface area contributed by atoms with E-state index in [1.165, 1.54) is 16.7 Å². The molecule has 122 valence electrons. The van der Waals surface area contributed by atoms with Gasteiger partial charge >= 0.3 is 6.03 Å². The van der Waals surface area contributed by atoms with Gasteiger partial charge in [-0.05, 0) is 30.5 Å². The molecule has 2 aromatic rings. The van der Waals surface area contributed by atoms with Gasteiger partial charge in [0.15, 0.2) is 0 Å². The minimum absolute atomic E-state index is 0.103. The lowest BCUT2D eigenvalue weighted by molar-refractivity contribution is 0.238. The van der Waals surface area contributed by atoms with Crippen molar-refractivity contribution >= 4 is 6.03 Å². The number of carbonyl (C=O) groups excluding carboxylic acids is 1. The molecule has 0 heterocycles. The van der Waals surface area contributed by atoms with Crippen LogP contribution >= 0.6 is 0 Å². The van der Waals surface area contributed by atoms with Gasteiger partial charge in [0.05, 0.1) is 0 Å². The molecule has 0 atom stereocenters. The second kappa shape index (κ2) is 7.32. The zero-order valence-corrected chi connectivity index (χ0v) is 14.4. The summed E-state index contributed by atoms with van der Waals surface area (Å²) in [6.45, 7) is 9.54. The van der Waals surface area contributed by atoms with Crippen molar-refractivity contribution in [3.8, 4) is 0 Å². The van der Waals surface area contributed by atoms with Crippen LogP contribution in [0.2, 0.25) is 0 Å². The molecule has 0 saturated carbocycles. The van der Waals surface area contributed by atoms with Crippen molar-refractivity contribution in [2.45, 2.75) is 39.7 Å². The summed E-state index contributed by atoms with van der Waals surface area (Å²) in [7, 11) is 0. The monoisotopic (exact) mass is 310 g/mol. The molecular formula is C20H26N2O. The van der Waals surface area contributed by atoms with Gasteiger partial charge in [-0.1, -0.05) is 67.9 Å². The summed E-state index contributed by atoms with van der Waals surface area (Å²) in [5, 5.41) is 5.90. The molecule has 0 bridgehead atoms. The van der Waals surface area contributed by atoms with Crippen LogP contribution in [-0.2, 0) is 12.0 Å². The SMILES string of the molecule is Cc1ccc(C(C)(C)CNC(=O)NCc2ccccc2C)cc1. The summed E-state index contributed by atoms with van der Waals surface area (Å²) in [6, 6.07) is 16.4. The first-order valence-corrected chi connectivity index (χ1v) is 8.02. The molecule has 0 aliphatic rings. The van der Waals surface area contributed by atoms with Crippen molar-refractivity contribution in [3.63, 3.8) is 0 Å². The topological polar surface area (TPSA) is 41.1 Å². The Morgan fingerprint density at radius 3 is 2.26 bits per heavy atom. The Morgan fingerprint density at radius 2 is 1.61 bits per heavy atom. The zero-order chi connectivity index (χ0) is 16.9. The highest BCUT2D eigenvalue weighted by molar-refractivity contribution is 5.74. The molecule has 2 aromatic carbocycles. The first kappa shape index (κ1) is 17.1.